The van der Waals surface area contributed by atoms with Crippen LogP contribution in [-0.4, -0.2) is 17.6 Å². The van der Waals surface area contributed by atoms with Gasteiger partial charge in [-0.2, -0.15) is 0 Å². The molecule has 0 radical (unpaired) electrons. The van der Waals surface area contributed by atoms with Gasteiger partial charge in [0.1, 0.15) is 5.75 Å². The predicted octanol–water partition coefficient (Wildman–Crippen LogP) is 3.90. The Morgan fingerprint density at radius 1 is 1.12 bits per heavy atom. The van der Waals surface area contributed by atoms with Crippen molar-refractivity contribution in [1.29, 1.82) is 0 Å². The molecule has 3 nitrogen and oxygen atoms in total. The number of phenolic OH excluding ortho intramolecular Hbond substituents is 1. The van der Waals surface area contributed by atoms with Crippen molar-refractivity contribution in [1.82, 2.24) is 5.32 Å². The van der Waals surface area contributed by atoms with E-state index in [4.69, 9.17) is 11.6 Å². The number of carbonyl (C=O) groups is 1. The van der Waals surface area contributed by atoms with Gasteiger partial charge in [-0.3, -0.25) is 4.79 Å². The van der Waals surface area contributed by atoms with Gasteiger partial charge in [0.25, 0.3) is 0 Å². The fourth-order valence-electron chi connectivity index (χ4n) is 3.32. The predicted molar refractivity (Wildman–Crippen MR) is 96.4 cm³/mol. The molecule has 126 valence electrons. The Balaban J connectivity index is 0.000000159. The van der Waals surface area contributed by atoms with Crippen LogP contribution in [0.5, 0.6) is 5.75 Å². The summed E-state index contributed by atoms with van der Waals surface area (Å²) in [7, 11) is 0. The SMILES string of the molecule is O=C1NCCC1Cc1ccc(O)cc1Cl.c1ccc2c(c1)CCC2. The van der Waals surface area contributed by atoms with Crippen molar-refractivity contribution in [2.45, 2.75) is 32.1 Å². The first-order valence-electron chi connectivity index (χ1n) is 8.45. The van der Waals surface area contributed by atoms with Crippen LogP contribution in [0, 0.1) is 5.92 Å². The molecule has 2 aromatic rings. The third-order valence-corrected chi connectivity index (χ3v) is 5.03. The van der Waals surface area contributed by atoms with E-state index >= 15 is 0 Å². The standard InChI is InChI=1S/C11H12ClNO2.C9H10/c12-10-6-9(14)2-1-7(10)5-8-3-4-13-11(8)15;1-2-5-9-7-3-6-8(9)4-1/h1-2,6,8,14H,3-5H2,(H,13,15);1-2,4-5H,3,6-7H2. The zero-order valence-corrected chi connectivity index (χ0v) is 14.4. The summed E-state index contributed by atoms with van der Waals surface area (Å²) < 4.78 is 0. The third-order valence-electron chi connectivity index (χ3n) is 4.68. The Bertz CT molecular complexity index is 706. The van der Waals surface area contributed by atoms with Gasteiger partial charge in [0, 0.05) is 17.5 Å². The first kappa shape index (κ1) is 16.8. The van der Waals surface area contributed by atoms with Gasteiger partial charge >= 0.3 is 0 Å². The summed E-state index contributed by atoms with van der Waals surface area (Å²) >= 11 is 5.96. The zero-order chi connectivity index (χ0) is 16.9. The fourth-order valence-corrected chi connectivity index (χ4v) is 3.57. The minimum absolute atomic E-state index is 0.0204. The van der Waals surface area contributed by atoms with Crippen molar-refractivity contribution in [3.05, 3.63) is 64.2 Å². The Morgan fingerprint density at radius 3 is 2.42 bits per heavy atom. The lowest BCUT2D eigenvalue weighted by Gasteiger charge is -2.08. The second kappa shape index (κ2) is 7.71. The number of fused-ring (bicyclic) bond motifs is 1. The molecule has 2 N–H and O–H groups in total. The van der Waals surface area contributed by atoms with Crippen molar-refractivity contribution in [3.63, 3.8) is 0 Å². The third kappa shape index (κ3) is 4.09. The maximum atomic E-state index is 11.4. The molecule has 1 saturated heterocycles. The number of aromatic hydroxyl groups is 1. The smallest absolute Gasteiger partial charge is 0.223 e. The van der Waals surface area contributed by atoms with Crippen LogP contribution in [0.25, 0.3) is 0 Å². The van der Waals surface area contributed by atoms with E-state index in [1.54, 1.807) is 23.3 Å². The second-order valence-electron chi connectivity index (χ2n) is 6.38. The molecule has 1 amide bonds. The minimum atomic E-state index is 0.0204. The molecule has 1 aliphatic carbocycles. The topological polar surface area (TPSA) is 49.3 Å². The Hall–Kier alpha value is -2.00. The van der Waals surface area contributed by atoms with Gasteiger partial charge in [-0.25, -0.2) is 0 Å². The van der Waals surface area contributed by atoms with E-state index < -0.39 is 0 Å². The molecular formula is C20H22ClNO2. The van der Waals surface area contributed by atoms with E-state index in [9.17, 15) is 9.90 Å². The maximum absolute atomic E-state index is 11.4. The van der Waals surface area contributed by atoms with Crippen LogP contribution in [-0.2, 0) is 24.1 Å². The van der Waals surface area contributed by atoms with Crippen LogP contribution in [0.15, 0.2) is 42.5 Å². The van der Waals surface area contributed by atoms with Crippen LogP contribution < -0.4 is 5.32 Å². The first-order chi connectivity index (χ1) is 11.6. The molecule has 0 spiro atoms. The molecular weight excluding hydrogens is 322 g/mol. The summed E-state index contributed by atoms with van der Waals surface area (Å²) in [4.78, 5) is 11.4. The molecule has 4 heteroatoms. The van der Waals surface area contributed by atoms with Crippen LogP contribution in [0.2, 0.25) is 5.02 Å². The molecule has 24 heavy (non-hydrogen) atoms. The number of nitrogens with one attached hydrogen (secondary N) is 1. The van der Waals surface area contributed by atoms with Crippen LogP contribution in [0.3, 0.4) is 0 Å². The number of halogens is 1. The highest BCUT2D eigenvalue weighted by molar-refractivity contribution is 6.31. The lowest BCUT2D eigenvalue weighted by atomic mass is 9.98. The van der Waals surface area contributed by atoms with Crippen molar-refractivity contribution in [2.24, 2.45) is 5.92 Å². The number of benzene rings is 2. The van der Waals surface area contributed by atoms with Crippen molar-refractivity contribution in [2.75, 3.05) is 6.54 Å². The highest BCUT2D eigenvalue weighted by Gasteiger charge is 2.24. The average molecular weight is 344 g/mol. The summed E-state index contributed by atoms with van der Waals surface area (Å²) in [5.41, 5.74) is 4.05. The molecule has 0 saturated carbocycles. The molecule has 0 aromatic heterocycles. The van der Waals surface area contributed by atoms with E-state index in [2.05, 4.69) is 29.6 Å². The van der Waals surface area contributed by atoms with Crippen molar-refractivity contribution >= 4 is 17.5 Å². The molecule has 2 aliphatic rings. The summed E-state index contributed by atoms with van der Waals surface area (Å²) in [5.74, 6) is 0.269. The van der Waals surface area contributed by atoms with Gasteiger partial charge in [-0.05, 0) is 60.9 Å². The number of carbonyl (C=O) groups excluding carboxylic acids is 1. The highest BCUT2D eigenvalue weighted by atomic mass is 35.5. The molecule has 1 aliphatic heterocycles. The minimum Gasteiger partial charge on any atom is -0.508 e. The molecule has 1 heterocycles. The number of rotatable bonds is 2. The van der Waals surface area contributed by atoms with E-state index in [-0.39, 0.29) is 17.6 Å². The Kier molecular flexibility index (Phi) is 5.41. The van der Waals surface area contributed by atoms with Gasteiger partial charge in [-0.15, -0.1) is 0 Å². The Labute approximate surface area is 147 Å². The molecule has 2 aromatic carbocycles. The summed E-state index contributed by atoms with van der Waals surface area (Å²) in [6, 6.07) is 13.6. The summed E-state index contributed by atoms with van der Waals surface area (Å²) in [6.45, 7) is 0.749. The quantitative estimate of drug-likeness (QED) is 0.868. The lowest BCUT2D eigenvalue weighted by molar-refractivity contribution is -0.122. The number of hydrogen-bond donors (Lipinski definition) is 2. The number of aryl methyl sites for hydroxylation is 2. The van der Waals surface area contributed by atoms with E-state index in [1.165, 1.54) is 25.3 Å². The largest absolute Gasteiger partial charge is 0.508 e. The summed E-state index contributed by atoms with van der Waals surface area (Å²) in [5, 5.41) is 12.5. The van der Waals surface area contributed by atoms with Crippen LogP contribution in [0.4, 0.5) is 0 Å². The van der Waals surface area contributed by atoms with Gasteiger partial charge in [0.15, 0.2) is 0 Å². The van der Waals surface area contributed by atoms with E-state index in [1.807, 2.05) is 0 Å². The lowest BCUT2D eigenvalue weighted by Crippen LogP contribution is -2.20. The Morgan fingerprint density at radius 2 is 1.83 bits per heavy atom. The fraction of sp³-hybridized carbons (Fsp3) is 0.350. The highest BCUT2D eigenvalue weighted by Crippen LogP contribution is 2.26. The molecule has 1 fully saturated rings. The molecule has 0 bridgehead atoms. The van der Waals surface area contributed by atoms with Gasteiger partial charge in [0.05, 0.1) is 0 Å². The summed E-state index contributed by atoms with van der Waals surface area (Å²) in [6.07, 6.45) is 5.46. The zero-order valence-electron chi connectivity index (χ0n) is 13.6. The second-order valence-corrected chi connectivity index (χ2v) is 6.79. The van der Waals surface area contributed by atoms with Gasteiger partial charge in [0.2, 0.25) is 5.91 Å². The monoisotopic (exact) mass is 343 g/mol. The van der Waals surface area contributed by atoms with Crippen LogP contribution >= 0.6 is 11.6 Å². The van der Waals surface area contributed by atoms with Gasteiger partial charge in [-0.1, -0.05) is 41.9 Å². The molecule has 1 unspecified atom stereocenters. The first-order valence-corrected chi connectivity index (χ1v) is 8.83. The normalized spacial score (nSPS) is 18.5. The maximum Gasteiger partial charge on any atom is 0.223 e. The van der Waals surface area contributed by atoms with E-state index in [0.717, 1.165) is 18.5 Å². The average Bonchev–Trinajstić information content (AvgIpc) is 3.20. The van der Waals surface area contributed by atoms with Crippen LogP contribution in [0.1, 0.15) is 29.5 Å². The van der Waals surface area contributed by atoms with Crippen molar-refractivity contribution < 1.29 is 9.90 Å². The number of amides is 1. The van der Waals surface area contributed by atoms with E-state index in [0.29, 0.717) is 11.4 Å². The van der Waals surface area contributed by atoms with Gasteiger partial charge < -0.3 is 10.4 Å². The van der Waals surface area contributed by atoms with Crippen molar-refractivity contribution in [3.8, 4) is 5.75 Å². The number of phenols is 1. The molecule has 4 rings (SSSR count). The number of hydrogen-bond acceptors (Lipinski definition) is 2. The molecule has 1 atom stereocenters.